The van der Waals surface area contributed by atoms with Crippen LogP contribution < -0.4 is 0 Å². The zero-order valence-corrected chi connectivity index (χ0v) is 20.0. The summed E-state index contributed by atoms with van der Waals surface area (Å²) in [5.74, 6) is -0.346. The van der Waals surface area contributed by atoms with Gasteiger partial charge in [-0.05, 0) is 48.5 Å². The van der Waals surface area contributed by atoms with E-state index in [9.17, 15) is 23.6 Å². The molecule has 38 heavy (non-hydrogen) atoms. The Bertz CT molecular complexity index is 1490. The highest BCUT2D eigenvalue weighted by atomic mass is 35.5. The molecule has 4 aromatic rings. The van der Waals surface area contributed by atoms with Gasteiger partial charge in [-0.1, -0.05) is 40.3 Å². The van der Waals surface area contributed by atoms with E-state index in [2.05, 4.69) is 0 Å². The highest BCUT2D eigenvalue weighted by molar-refractivity contribution is 6.33. The van der Waals surface area contributed by atoms with Gasteiger partial charge in [0, 0.05) is 40.1 Å². The number of fused-ring (bicyclic) bond motifs is 4. The van der Waals surface area contributed by atoms with Crippen molar-refractivity contribution >= 4 is 34.7 Å². The highest BCUT2D eigenvalue weighted by Crippen LogP contribution is 2.32. The van der Waals surface area contributed by atoms with E-state index in [1.54, 1.807) is 24.3 Å². The Morgan fingerprint density at radius 3 is 1.53 bits per heavy atom. The maximum absolute atomic E-state index is 13.1. The second kappa shape index (κ2) is 10.7. The zero-order chi connectivity index (χ0) is 25.7. The van der Waals surface area contributed by atoms with E-state index < -0.39 is 11.6 Å². The molecule has 0 saturated heterocycles. The van der Waals surface area contributed by atoms with E-state index in [0.29, 0.717) is 46.1 Å². The largest absolute Gasteiger partial charge is 0.457 e. The predicted octanol–water partition coefficient (Wildman–Crippen LogP) is 7.30. The molecule has 0 amide bonds. The fourth-order valence-corrected chi connectivity index (χ4v) is 4.42. The summed E-state index contributed by atoms with van der Waals surface area (Å²) >= 11 is 5.86. The molecule has 0 atom stereocenters. The number of carbonyl (C=O) groups excluding carboxylic acids is 4. The van der Waals surface area contributed by atoms with E-state index in [-0.39, 0.29) is 60.4 Å². The molecule has 0 fully saturated rings. The minimum absolute atomic E-state index is 0. The molecule has 2 aromatic heterocycles. The van der Waals surface area contributed by atoms with Crippen molar-refractivity contribution in [2.75, 3.05) is 0 Å². The third-order valence-corrected chi connectivity index (χ3v) is 6.34. The first-order chi connectivity index (χ1) is 17.2. The highest BCUT2D eigenvalue weighted by Gasteiger charge is 2.34. The molecule has 0 unspecified atom stereocenters. The standard InChI is InChI=1S/C14H9ClO3.C14H9FO3.2CH4/c2*1-2-8-6-11-12(16)9-4-3-7(15)5-10(9)13(17)14(11)18-8;;/h2*3-6H,2H2,1H3;2*1H4. The van der Waals surface area contributed by atoms with Gasteiger partial charge in [-0.25, -0.2) is 4.39 Å². The summed E-state index contributed by atoms with van der Waals surface area (Å²) in [6.07, 6.45) is 1.24. The van der Waals surface area contributed by atoms with Crippen molar-refractivity contribution in [1.82, 2.24) is 0 Å². The second-order valence-corrected chi connectivity index (χ2v) is 8.75. The molecule has 8 heteroatoms. The number of carbonyl (C=O) groups is 4. The van der Waals surface area contributed by atoms with E-state index in [4.69, 9.17) is 20.4 Å². The van der Waals surface area contributed by atoms with Crippen molar-refractivity contribution in [3.05, 3.63) is 116 Å². The number of halogens is 2. The average molecular weight is 537 g/mol. The number of ketones is 4. The summed E-state index contributed by atoms with van der Waals surface area (Å²) in [6.45, 7) is 3.77. The van der Waals surface area contributed by atoms with Crippen LogP contribution in [-0.4, -0.2) is 23.1 Å². The molecule has 2 aliphatic carbocycles. The Kier molecular flexibility index (Phi) is 8.03. The Balaban J connectivity index is 0.000000200. The van der Waals surface area contributed by atoms with Gasteiger partial charge in [-0.2, -0.15) is 0 Å². The first-order valence-corrected chi connectivity index (χ1v) is 11.6. The van der Waals surface area contributed by atoms with Crippen molar-refractivity contribution in [1.29, 1.82) is 0 Å². The first kappa shape index (κ1) is 28.5. The predicted molar refractivity (Wildman–Crippen MR) is 141 cm³/mol. The molecule has 0 aliphatic heterocycles. The molecule has 2 heterocycles. The van der Waals surface area contributed by atoms with Crippen LogP contribution in [-0.2, 0) is 12.8 Å². The van der Waals surface area contributed by atoms with Gasteiger partial charge in [0.25, 0.3) is 0 Å². The fraction of sp³-hybridized carbons (Fsp3) is 0.200. The van der Waals surface area contributed by atoms with Crippen LogP contribution in [0.1, 0.15) is 104 Å². The zero-order valence-electron chi connectivity index (χ0n) is 19.2. The SMILES string of the molecule is C.C.CCc1cc2c(o1)C(=O)c1cc(Cl)ccc1C2=O.CCc1cc2c(o1)C(=O)c1cc(F)ccc1C2=O. The molecule has 2 aromatic carbocycles. The van der Waals surface area contributed by atoms with Crippen molar-refractivity contribution in [3.8, 4) is 0 Å². The maximum Gasteiger partial charge on any atom is 0.229 e. The van der Waals surface area contributed by atoms with Crippen molar-refractivity contribution in [2.24, 2.45) is 0 Å². The van der Waals surface area contributed by atoms with Crippen LogP contribution in [0.25, 0.3) is 0 Å². The third kappa shape index (κ3) is 4.54. The Morgan fingerprint density at radius 2 is 1.05 bits per heavy atom. The quantitative estimate of drug-likeness (QED) is 0.230. The number of furan rings is 2. The van der Waals surface area contributed by atoms with Gasteiger partial charge in [0.05, 0.1) is 11.1 Å². The summed E-state index contributed by atoms with van der Waals surface area (Å²) < 4.78 is 23.9. The fourth-order valence-electron chi connectivity index (χ4n) is 4.25. The molecule has 6 nitrogen and oxygen atoms in total. The molecular weight excluding hydrogens is 511 g/mol. The van der Waals surface area contributed by atoms with Crippen LogP contribution in [0.5, 0.6) is 0 Å². The number of hydrogen-bond acceptors (Lipinski definition) is 6. The lowest BCUT2D eigenvalue weighted by molar-refractivity contribution is 0.0959. The van der Waals surface area contributed by atoms with Crippen molar-refractivity contribution in [2.45, 2.75) is 41.5 Å². The lowest BCUT2D eigenvalue weighted by Gasteiger charge is -2.12. The van der Waals surface area contributed by atoms with E-state index in [1.165, 1.54) is 18.2 Å². The topological polar surface area (TPSA) is 94.6 Å². The summed E-state index contributed by atoms with van der Waals surface area (Å²) in [5.41, 5.74) is 1.64. The molecule has 0 spiro atoms. The first-order valence-electron chi connectivity index (χ1n) is 11.3. The van der Waals surface area contributed by atoms with Crippen LogP contribution in [0.15, 0.2) is 57.4 Å². The summed E-state index contributed by atoms with van der Waals surface area (Å²) in [6, 6.07) is 11.5. The van der Waals surface area contributed by atoms with Crippen LogP contribution in [0.2, 0.25) is 5.02 Å². The molecule has 196 valence electrons. The average Bonchev–Trinajstić information content (AvgIpc) is 3.51. The van der Waals surface area contributed by atoms with Crippen LogP contribution in [0.3, 0.4) is 0 Å². The van der Waals surface area contributed by atoms with Gasteiger partial charge in [0.2, 0.25) is 11.6 Å². The second-order valence-electron chi connectivity index (χ2n) is 8.31. The number of hydrogen-bond donors (Lipinski definition) is 0. The van der Waals surface area contributed by atoms with Crippen molar-refractivity contribution < 1.29 is 32.4 Å². The smallest absolute Gasteiger partial charge is 0.229 e. The molecule has 6 rings (SSSR count). The van der Waals surface area contributed by atoms with E-state index in [0.717, 1.165) is 6.07 Å². The Hall–Kier alpha value is -4.10. The molecule has 0 bridgehead atoms. The van der Waals surface area contributed by atoms with Crippen LogP contribution >= 0.6 is 11.6 Å². The number of aryl methyl sites for hydroxylation is 2. The lowest BCUT2D eigenvalue weighted by Crippen LogP contribution is -2.19. The maximum atomic E-state index is 13.1. The monoisotopic (exact) mass is 536 g/mol. The van der Waals surface area contributed by atoms with Crippen LogP contribution in [0, 0.1) is 5.82 Å². The molecule has 0 saturated carbocycles. The summed E-state index contributed by atoms with van der Waals surface area (Å²) in [5, 5.41) is 0.431. The summed E-state index contributed by atoms with van der Waals surface area (Å²) in [7, 11) is 0. The third-order valence-electron chi connectivity index (χ3n) is 6.11. The van der Waals surface area contributed by atoms with E-state index >= 15 is 0 Å². The molecule has 2 aliphatic rings. The van der Waals surface area contributed by atoms with Gasteiger partial charge in [0.1, 0.15) is 17.3 Å². The van der Waals surface area contributed by atoms with Gasteiger partial charge < -0.3 is 8.83 Å². The normalized spacial score (nSPS) is 12.7. The van der Waals surface area contributed by atoms with E-state index in [1.807, 2.05) is 13.8 Å². The lowest BCUT2D eigenvalue weighted by atomic mass is 9.88. The van der Waals surface area contributed by atoms with Gasteiger partial charge in [-0.15, -0.1) is 0 Å². The molecule has 0 N–H and O–H groups in total. The van der Waals surface area contributed by atoms with Gasteiger partial charge >= 0.3 is 0 Å². The van der Waals surface area contributed by atoms with Gasteiger partial charge in [-0.3, -0.25) is 19.2 Å². The Labute approximate surface area is 224 Å². The number of benzene rings is 2. The molecule has 0 radical (unpaired) electrons. The van der Waals surface area contributed by atoms with Crippen LogP contribution in [0.4, 0.5) is 4.39 Å². The minimum atomic E-state index is -0.541. The number of rotatable bonds is 2. The summed E-state index contributed by atoms with van der Waals surface area (Å²) in [4.78, 5) is 48.8. The Morgan fingerprint density at radius 1 is 0.605 bits per heavy atom. The van der Waals surface area contributed by atoms with Crippen molar-refractivity contribution in [3.63, 3.8) is 0 Å². The minimum Gasteiger partial charge on any atom is -0.457 e. The van der Waals surface area contributed by atoms with Gasteiger partial charge in [0.15, 0.2) is 23.1 Å². The molecular formula is C30H26ClFO6.